The van der Waals surface area contributed by atoms with Crippen molar-refractivity contribution < 1.29 is 22.0 Å². The third kappa shape index (κ3) is 2.45. The van der Waals surface area contributed by atoms with Crippen LogP contribution in [0.25, 0.3) is 11.0 Å². The Bertz CT molecular complexity index is 670. The molecule has 0 radical (unpaired) electrons. The van der Waals surface area contributed by atoms with E-state index in [-0.39, 0.29) is 16.7 Å². The van der Waals surface area contributed by atoms with E-state index in [0.717, 1.165) is 4.68 Å². The Morgan fingerprint density at radius 2 is 2.05 bits per heavy atom. The van der Waals surface area contributed by atoms with E-state index in [1.807, 2.05) is 0 Å². The molecule has 0 saturated carbocycles. The molecule has 19 heavy (non-hydrogen) atoms. The molecular weight excluding hydrogens is 273 g/mol. The number of aryl methyl sites for hydroxylation is 1. The third-order valence-electron chi connectivity index (χ3n) is 2.61. The number of halogens is 5. The molecule has 4 nitrogen and oxygen atoms in total. The monoisotopic (exact) mass is 281 g/mol. The summed E-state index contributed by atoms with van der Waals surface area (Å²) in [6.07, 6.45) is -7.51. The fraction of sp³-hybridized carbons (Fsp3) is 0.400. The summed E-state index contributed by atoms with van der Waals surface area (Å²) in [6.45, 7) is 0.408. The zero-order chi connectivity index (χ0) is 14.4. The van der Waals surface area contributed by atoms with Gasteiger partial charge < -0.3 is 4.98 Å². The molecule has 0 spiro atoms. The van der Waals surface area contributed by atoms with Gasteiger partial charge in [0.05, 0.1) is 10.9 Å². The van der Waals surface area contributed by atoms with Crippen molar-refractivity contribution in [1.29, 1.82) is 0 Å². The first-order valence-corrected chi connectivity index (χ1v) is 5.16. The average Bonchev–Trinajstić information content (AvgIpc) is 2.52. The number of aromatic nitrogens is 3. The lowest BCUT2D eigenvalue weighted by Crippen LogP contribution is -2.13. The molecule has 2 aromatic rings. The van der Waals surface area contributed by atoms with Crippen LogP contribution in [0.5, 0.6) is 0 Å². The minimum absolute atomic E-state index is 0.0705. The van der Waals surface area contributed by atoms with Crippen LogP contribution in [0.2, 0.25) is 0 Å². The van der Waals surface area contributed by atoms with Crippen molar-refractivity contribution in [3.05, 3.63) is 27.7 Å². The molecule has 0 aliphatic heterocycles. The fourth-order valence-corrected chi connectivity index (χ4v) is 1.84. The quantitative estimate of drug-likeness (QED) is 0.859. The smallest absolute Gasteiger partial charge is 0.305 e. The number of rotatable bonds is 2. The fourth-order valence-electron chi connectivity index (χ4n) is 1.84. The highest BCUT2D eigenvalue weighted by Crippen LogP contribution is 2.34. The van der Waals surface area contributed by atoms with E-state index in [4.69, 9.17) is 0 Å². The predicted molar refractivity (Wildman–Crippen MR) is 56.1 cm³/mol. The summed E-state index contributed by atoms with van der Waals surface area (Å²) in [6, 6.07) is 0.393. The van der Waals surface area contributed by atoms with Crippen LogP contribution in [-0.4, -0.2) is 21.2 Å². The van der Waals surface area contributed by atoms with Gasteiger partial charge in [-0.1, -0.05) is 0 Å². The van der Waals surface area contributed by atoms with Gasteiger partial charge in [-0.15, -0.1) is 0 Å². The van der Waals surface area contributed by atoms with Gasteiger partial charge in [0.15, 0.2) is 5.65 Å². The van der Waals surface area contributed by atoms with E-state index in [9.17, 15) is 26.7 Å². The summed E-state index contributed by atoms with van der Waals surface area (Å²) in [5, 5.41) is 3.20. The van der Waals surface area contributed by atoms with Crippen LogP contribution in [0, 0.1) is 6.92 Å². The number of alkyl halides is 5. The summed E-state index contributed by atoms with van der Waals surface area (Å²) in [7, 11) is 0. The Kier molecular flexibility index (Phi) is 3.07. The molecular formula is C10H8F5N3O. The maximum Gasteiger partial charge on any atom is 0.417 e. The summed E-state index contributed by atoms with van der Waals surface area (Å²) in [5.74, 6) is 0. The molecule has 1 N–H and O–H groups in total. The molecule has 2 aromatic heterocycles. The second-order valence-electron chi connectivity index (χ2n) is 3.93. The van der Waals surface area contributed by atoms with Gasteiger partial charge in [-0.05, 0) is 6.92 Å². The molecule has 0 saturated heterocycles. The molecule has 2 rings (SSSR count). The SMILES string of the molecule is Cc1c2c(C(F)(F)F)cc(=O)[nH]c2nn1CC(F)F. The van der Waals surface area contributed by atoms with Crippen molar-refractivity contribution in [2.45, 2.75) is 26.1 Å². The highest BCUT2D eigenvalue weighted by Gasteiger charge is 2.35. The normalized spacial score (nSPS) is 12.6. The first kappa shape index (κ1) is 13.5. The van der Waals surface area contributed by atoms with Gasteiger partial charge in [0.25, 0.3) is 6.43 Å². The van der Waals surface area contributed by atoms with Crippen LogP contribution in [0.3, 0.4) is 0 Å². The number of hydrogen-bond donors (Lipinski definition) is 1. The molecule has 0 amide bonds. The average molecular weight is 281 g/mol. The second-order valence-corrected chi connectivity index (χ2v) is 3.93. The number of hydrogen-bond acceptors (Lipinski definition) is 2. The van der Waals surface area contributed by atoms with Gasteiger partial charge >= 0.3 is 6.18 Å². The van der Waals surface area contributed by atoms with E-state index in [1.165, 1.54) is 6.92 Å². The Morgan fingerprint density at radius 1 is 1.42 bits per heavy atom. The molecule has 0 aliphatic carbocycles. The van der Waals surface area contributed by atoms with E-state index in [0.29, 0.717) is 6.07 Å². The topological polar surface area (TPSA) is 50.7 Å². The molecule has 0 aliphatic rings. The zero-order valence-electron chi connectivity index (χ0n) is 9.55. The van der Waals surface area contributed by atoms with E-state index in [2.05, 4.69) is 10.1 Å². The van der Waals surface area contributed by atoms with E-state index < -0.39 is 30.3 Å². The Balaban J connectivity index is 2.77. The maximum absolute atomic E-state index is 12.8. The minimum atomic E-state index is -4.75. The number of nitrogens with zero attached hydrogens (tertiary/aromatic N) is 2. The lowest BCUT2D eigenvalue weighted by molar-refractivity contribution is -0.136. The van der Waals surface area contributed by atoms with Crippen molar-refractivity contribution in [1.82, 2.24) is 14.8 Å². The van der Waals surface area contributed by atoms with Crippen molar-refractivity contribution in [3.8, 4) is 0 Å². The summed E-state index contributed by atoms with van der Waals surface area (Å²) >= 11 is 0. The number of pyridine rings is 1. The largest absolute Gasteiger partial charge is 0.417 e. The van der Waals surface area contributed by atoms with Crippen molar-refractivity contribution >= 4 is 11.0 Å². The van der Waals surface area contributed by atoms with Gasteiger partial charge in [-0.2, -0.15) is 18.3 Å². The standard InChI is InChI=1S/C10H8F5N3O/c1-4-8-5(10(13,14)15)2-7(19)16-9(8)17-18(4)3-6(11)12/h2,6H,3H2,1H3,(H,16,17,19). The lowest BCUT2D eigenvalue weighted by atomic mass is 10.1. The first-order chi connectivity index (χ1) is 8.70. The minimum Gasteiger partial charge on any atom is -0.305 e. The van der Waals surface area contributed by atoms with Gasteiger partial charge in [0.1, 0.15) is 6.54 Å². The molecule has 0 unspecified atom stereocenters. The molecule has 0 bridgehead atoms. The molecule has 0 aromatic carbocycles. The number of aromatic amines is 1. The highest BCUT2D eigenvalue weighted by atomic mass is 19.4. The van der Waals surface area contributed by atoms with Crippen LogP contribution in [0.1, 0.15) is 11.3 Å². The van der Waals surface area contributed by atoms with Crippen LogP contribution in [-0.2, 0) is 12.7 Å². The van der Waals surface area contributed by atoms with Crippen LogP contribution in [0.15, 0.2) is 10.9 Å². The van der Waals surface area contributed by atoms with Gasteiger partial charge in [0, 0.05) is 11.8 Å². The Hall–Kier alpha value is -1.93. The molecule has 0 atom stereocenters. The molecule has 104 valence electrons. The Morgan fingerprint density at radius 3 is 2.58 bits per heavy atom. The second kappa shape index (κ2) is 4.32. The molecule has 9 heteroatoms. The van der Waals surface area contributed by atoms with E-state index >= 15 is 0 Å². The van der Waals surface area contributed by atoms with Gasteiger partial charge in [-0.3, -0.25) is 9.48 Å². The highest BCUT2D eigenvalue weighted by molar-refractivity contribution is 5.82. The summed E-state index contributed by atoms with van der Waals surface area (Å²) < 4.78 is 63.8. The molecule has 0 fully saturated rings. The summed E-state index contributed by atoms with van der Waals surface area (Å²) in [4.78, 5) is 13.2. The van der Waals surface area contributed by atoms with Gasteiger partial charge in [-0.25, -0.2) is 8.78 Å². The van der Waals surface area contributed by atoms with Crippen LogP contribution >= 0.6 is 0 Å². The van der Waals surface area contributed by atoms with Crippen molar-refractivity contribution in [2.75, 3.05) is 0 Å². The number of fused-ring (bicyclic) bond motifs is 1. The van der Waals surface area contributed by atoms with Gasteiger partial charge in [0.2, 0.25) is 5.56 Å². The number of nitrogens with one attached hydrogen (secondary N) is 1. The first-order valence-electron chi connectivity index (χ1n) is 5.16. The van der Waals surface area contributed by atoms with E-state index in [1.54, 1.807) is 0 Å². The lowest BCUT2D eigenvalue weighted by Gasteiger charge is -2.08. The maximum atomic E-state index is 12.8. The van der Waals surface area contributed by atoms with Crippen LogP contribution < -0.4 is 5.56 Å². The van der Waals surface area contributed by atoms with Crippen molar-refractivity contribution in [2.24, 2.45) is 0 Å². The number of H-pyrrole nitrogens is 1. The van der Waals surface area contributed by atoms with Crippen LogP contribution in [0.4, 0.5) is 22.0 Å². The predicted octanol–water partition coefficient (Wildman–Crippen LogP) is 2.32. The molecule has 2 heterocycles. The Labute approximate surface area is 102 Å². The van der Waals surface area contributed by atoms with Crippen molar-refractivity contribution in [3.63, 3.8) is 0 Å². The zero-order valence-corrected chi connectivity index (χ0v) is 9.55. The summed E-state index contributed by atoms with van der Waals surface area (Å²) in [5.41, 5.74) is -2.58. The third-order valence-corrected chi connectivity index (χ3v) is 2.61.